The van der Waals surface area contributed by atoms with Gasteiger partial charge in [-0.1, -0.05) is 51.5 Å². The van der Waals surface area contributed by atoms with Crippen molar-refractivity contribution in [2.24, 2.45) is 23.2 Å². The fourth-order valence-corrected chi connectivity index (χ4v) is 8.69. The molecule has 0 aliphatic heterocycles. The molecule has 3 nitrogen and oxygen atoms in total. The Morgan fingerprint density at radius 3 is 2.21 bits per heavy atom. The topological polar surface area (TPSA) is 43.7 Å². The molecule has 0 heterocycles. The summed E-state index contributed by atoms with van der Waals surface area (Å²) in [5, 5.41) is 21.0. The molecule has 0 bridgehead atoms. The van der Waals surface area contributed by atoms with Crippen LogP contribution in [0.2, 0.25) is 0 Å². The van der Waals surface area contributed by atoms with Gasteiger partial charge in [-0.15, -0.1) is 0 Å². The lowest BCUT2D eigenvalue weighted by atomic mass is 9.51. The van der Waals surface area contributed by atoms with E-state index in [2.05, 4.69) is 18.9 Å². The molecule has 2 N–H and O–H groups in total. The van der Waals surface area contributed by atoms with E-state index in [9.17, 15) is 32.2 Å². The first kappa shape index (κ1) is 34.4. The zero-order valence-corrected chi connectivity index (χ0v) is 25.8. The Bertz CT molecular complexity index is 1030. The number of hydrogen-bond acceptors (Lipinski definition) is 3. The number of phenols is 1. The molecule has 4 rings (SSSR count). The second-order valence-corrected chi connectivity index (χ2v) is 14.1. The van der Waals surface area contributed by atoms with Gasteiger partial charge in [-0.2, -0.15) is 22.0 Å². The molecule has 3 aliphatic rings. The van der Waals surface area contributed by atoms with Crippen molar-refractivity contribution in [2.45, 2.75) is 134 Å². The number of halogens is 6. The minimum absolute atomic E-state index is 0.111. The first-order valence-electron chi connectivity index (χ1n) is 16.5. The van der Waals surface area contributed by atoms with Gasteiger partial charge in [-0.25, -0.2) is 4.39 Å². The van der Waals surface area contributed by atoms with Gasteiger partial charge < -0.3 is 15.1 Å². The first-order valence-corrected chi connectivity index (χ1v) is 16.5. The molecular formula is C34H51F6NO2. The Hall–Kier alpha value is -1.48. The van der Waals surface area contributed by atoms with Crippen LogP contribution < -0.4 is 0 Å². The highest BCUT2D eigenvalue weighted by Gasteiger charge is 2.60. The van der Waals surface area contributed by atoms with E-state index in [4.69, 9.17) is 0 Å². The molecule has 1 aromatic carbocycles. The monoisotopic (exact) mass is 619 g/mol. The van der Waals surface area contributed by atoms with E-state index in [-0.39, 0.29) is 29.4 Å². The molecule has 3 aliphatic carbocycles. The molecule has 0 aromatic heterocycles. The van der Waals surface area contributed by atoms with Crippen LogP contribution in [0.4, 0.5) is 26.3 Å². The van der Waals surface area contributed by atoms with Gasteiger partial charge in [0.05, 0.1) is 6.10 Å². The third-order valence-electron chi connectivity index (χ3n) is 11.1. The van der Waals surface area contributed by atoms with Gasteiger partial charge in [0, 0.05) is 12.3 Å². The summed E-state index contributed by atoms with van der Waals surface area (Å²) in [5.41, 5.74) is 1.77. The first-order chi connectivity index (χ1) is 20.2. The van der Waals surface area contributed by atoms with Crippen LogP contribution >= 0.6 is 0 Å². The van der Waals surface area contributed by atoms with Gasteiger partial charge in [0.2, 0.25) is 0 Å². The summed E-state index contributed by atoms with van der Waals surface area (Å²) in [6.45, 7) is 4.00. The van der Waals surface area contributed by atoms with Gasteiger partial charge in [-0.05, 0) is 118 Å². The van der Waals surface area contributed by atoms with Crippen LogP contribution in [0, 0.1) is 23.2 Å². The number of phenolic OH excluding ortho intramolecular Hbond substituents is 1. The smallest absolute Gasteiger partial charge is 0.453 e. The SMILES string of the molecule is CN(CCCCCCCCC(F)(F)C(F)(F)F)CCCCCC1Cc2cc(O)ccc2[C@@H]2[C@@H]1[C@@H]1CC[C@H](O)[C@]1(C)C[C@@H]2F. The number of nitrogens with zero attached hydrogens (tertiary/aromatic N) is 1. The number of aromatic hydroxyl groups is 1. The number of fused-ring (bicyclic) bond motifs is 5. The van der Waals surface area contributed by atoms with Crippen LogP contribution in [0.5, 0.6) is 5.75 Å². The summed E-state index contributed by atoms with van der Waals surface area (Å²) in [6.07, 6.45) is 2.88. The van der Waals surface area contributed by atoms with Gasteiger partial charge >= 0.3 is 12.1 Å². The molecule has 0 saturated heterocycles. The highest BCUT2D eigenvalue weighted by Crippen LogP contribution is 2.63. The fourth-order valence-electron chi connectivity index (χ4n) is 8.69. The van der Waals surface area contributed by atoms with Gasteiger partial charge in [0.25, 0.3) is 0 Å². The number of benzene rings is 1. The van der Waals surface area contributed by atoms with E-state index in [0.29, 0.717) is 31.1 Å². The molecule has 0 amide bonds. The quantitative estimate of drug-likeness (QED) is 0.152. The standard InChI is InChI=1S/C34H51F6NO2/c1-32-22-28(35)31-26-14-13-25(42)21-24(26)20-23(30(31)27(32)15-16-29(32)43)12-8-7-11-19-41(2)18-10-6-4-3-5-9-17-33(36,37)34(38,39)40/h13-14,21,23,27-31,42-43H,3-12,15-20,22H2,1-2H3/t23?,27-,28-,29-,30-,31-,32+/m0/s1. The van der Waals surface area contributed by atoms with Crippen LogP contribution in [0.25, 0.3) is 0 Å². The van der Waals surface area contributed by atoms with Crippen molar-refractivity contribution in [3.8, 4) is 5.75 Å². The molecule has 9 heteroatoms. The predicted molar refractivity (Wildman–Crippen MR) is 157 cm³/mol. The van der Waals surface area contributed by atoms with Crippen molar-refractivity contribution < 1.29 is 36.6 Å². The Kier molecular flexibility index (Phi) is 11.4. The minimum Gasteiger partial charge on any atom is -0.508 e. The average Bonchev–Trinajstić information content (AvgIpc) is 3.22. The molecule has 0 spiro atoms. The molecule has 2 fully saturated rings. The van der Waals surface area contributed by atoms with Crippen LogP contribution in [-0.2, 0) is 6.42 Å². The summed E-state index contributed by atoms with van der Waals surface area (Å²) >= 11 is 0. The fraction of sp³-hybridized carbons (Fsp3) is 0.824. The van der Waals surface area contributed by atoms with E-state index in [1.165, 1.54) is 0 Å². The van der Waals surface area contributed by atoms with E-state index in [1.807, 2.05) is 12.1 Å². The lowest BCUT2D eigenvalue weighted by Crippen LogP contribution is -2.51. The Morgan fingerprint density at radius 2 is 1.53 bits per heavy atom. The van der Waals surface area contributed by atoms with Gasteiger partial charge in [-0.3, -0.25) is 0 Å². The number of aliphatic hydroxyl groups is 1. The maximum atomic E-state index is 15.9. The molecular weight excluding hydrogens is 568 g/mol. The highest BCUT2D eigenvalue weighted by molar-refractivity contribution is 5.41. The van der Waals surface area contributed by atoms with E-state index >= 15 is 4.39 Å². The Labute approximate surface area is 253 Å². The minimum atomic E-state index is -5.45. The van der Waals surface area contributed by atoms with Gasteiger partial charge in [0.15, 0.2) is 0 Å². The van der Waals surface area contributed by atoms with Crippen molar-refractivity contribution in [2.75, 3.05) is 20.1 Å². The molecule has 7 atom stereocenters. The van der Waals surface area contributed by atoms with Crippen LogP contribution in [0.1, 0.15) is 114 Å². The zero-order valence-electron chi connectivity index (χ0n) is 25.8. The third kappa shape index (κ3) is 8.03. The van der Waals surface area contributed by atoms with Crippen molar-refractivity contribution in [3.63, 3.8) is 0 Å². The molecule has 1 unspecified atom stereocenters. The Morgan fingerprint density at radius 1 is 0.907 bits per heavy atom. The van der Waals surface area contributed by atoms with E-state index in [0.717, 1.165) is 88.4 Å². The summed E-state index contributed by atoms with van der Waals surface area (Å²) in [7, 11) is 2.09. The number of unbranched alkanes of at least 4 members (excludes halogenated alkanes) is 7. The molecule has 0 radical (unpaired) electrons. The lowest BCUT2D eigenvalue weighted by molar-refractivity contribution is -0.284. The summed E-state index contributed by atoms with van der Waals surface area (Å²) in [4.78, 5) is 2.29. The maximum absolute atomic E-state index is 15.9. The third-order valence-corrected chi connectivity index (χ3v) is 11.1. The van der Waals surface area contributed by atoms with Crippen molar-refractivity contribution in [1.82, 2.24) is 4.90 Å². The summed E-state index contributed by atoms with van der Waals surface area (Å²) < 4.78 is 78.5. The van der Waals surface area contributed by atoms with Gasteiger partial charge in [0.1, 0.15) is 11.9 Å². The van der Waals surface area contributed by atoms with Crippen molar-refractivity contribution >= 4 is 0 Å². The zero-order chi connectivity index (χ0) is 31.4. The van der Waals surface area contributed by atoms with E-state index in [1.54, 1.807) is 6.07 Å². The van der Waals surface area contributed by atoms with Crippen molar-refractivity contribution in [1.29, 1.82) is 0 Å². The number of hydrogen-bond donors (Lipinski definition) is 2. The van der Waals surface area contributed by atoms with Crippen LogP contribution in [-0.4, -0.2) is 59.6 Å². The molecule has 246 valence electrons. The second-order valence-electron chi connectivity index (χ2n) is 14.1. The maximum Gasteiger partial charge on any atom is 0.453 e. The second kappa shape index (κ2) is 14.3. The largest absolute Gasteiger partial charge is 0.508 e. The number of alkyl halides is 6. The average molecular weight is 620 g/mol. The summed E-state index contributed by atoms with van der Waals surface area (Å²) in [6, 6.07) is 5.43. The van der Waals surface area contributed by atoms with Crippen LogP contribution in [0.15, 0.2) is 18.2 Å². The molecule has 1 aromatic rings. The predicted octanol–water partition coefficient (Wildman–Crippen LogP) is 9.20. The van der Waals surface area contributed by atoms with Crippen molar-refractivity contribution in [3.05, 3.63) is 29.3 Å². The normalized spacial score (nSPS) is 30.7. The van der Waals surface area contributed by atoms with Crippen LogP contribution in [0.3, 0.4) is 0 Å². The molecule has 43 heavy (non-hydrogen) atoms. The highest BCUT2D eigenvalue weighted by atomic mass is 19.4. The number of rotatable bonds is 15. The summed E-state index contributed by atoms with van der Waals surface area (Å²) in [5.74, 6) is -3.64. The lowest BCUT2D eigenvalue weighted by Gasteiger charge is -2.54. The number of aliphatic hydroxyl groups excluding tert-OH is 1. The molecule has 2 saturated carbocycles. The van der Waals surface area contributed by atoms with E-state index < -0.39 is 30.8 Å². The Balaban J connectivity index is 1.16.